The number of benzene rings is 1. The van der Waals surface area contributed by atoms with E-state index >= 15 is 0 Å². The molecule has 30 heavy (non-hydrogen) atoms. The average molecular weight is 415 g/mol. The summed E-state index contributed by atoms with van der Waals surface area (Å²) in [6, 6.07) is 4.90. The molecule has 0 radical (unpaired) electrons. The summed E-state index contributed by atoms with van der Waals surface area (Å²) in [5.41, 5.74) is 1.62. The van der Waals surface area contributed by atoms with Crippen LogP contribution < -0.4 is 14.8 Å². The Morgan fingerprint density at radius 2 is 1.90 bits per heavy atom. The number of hydrogen-bond acceptors (Lipinski definition) is 5. The van der Waals surface area contributed by atoms with Crippen molar-refractivity contribution < 1.29 is 14.3 Å². The van der Waals surface area contributed by atoms with Crippen LogP contribution in [0.3, 0.4) is 0 Å². The molecular weight excluding hydrogens is 380 g/mol. The fraction of sp³-hybridized carbons (Fsp3) is 0.652. The Labute approximate surface area is 178 Å². The van der Waals surface area contributed by atoms with E-state index in [9.17, 15) is 4.79 Å². The normalized spacial score (nSPS) is 24.2. The van der Waals surface area contributed by atoms with Gasteiger partial charge in [0.15, 0.2) is 11.5 Å². The molecule has 2 aliphatic heterocycles. The van der Waals surface area contributed by atoms with Gasteiger partial charge in [-0.15, -0.1) is 0 Å². The van der Waals surface area contributed by atoms with Crippen molar-refractivity contribution in [2.75, 3.05) is 20.8 Å². The summed E-state index contributed by atoms with van der Waals surface area (Å²) >= 11 is 0. The molecule has 164 valence electrons. The minimum Gasteiger partial charge on any atom is -0.493 e. The van der Waals surface area contributed by atoms with E-state index in [-0.39, 0.29) is 11.4 Å². The van der Waals surface area contributed by atoms with E-state index in [0.29, 0.717) is 36.0 Å². The van der Waals surface area contributed by atoms with E-state index in [4.69, 9.17) is 14.5 Å². The number of nitrogens with one attached hydrogen (secondary N) is 2. The number of rotatable bonds is 6. The monoisotopic (exact) mass is 414 g/mol. The van der Waals surface area contributed by atoms with E-state index in [0.717, 1.165) is 36.1 Å². The van der Waals surface area contributed by atoms with Gasteiger partial charge in [-0.3, -0.25) is 9.69 Å². The lowest BCUT2D eigenvalue weighted by Crippen LogP contribution is -2.51. The number of H-pyrrole nitrogens is 1. The Kier molecular flexibility index (Phi) is 5.66. The first-order valence-corrected chi connectivity index (χ1v) is 10.9. The summed E-state index contributed by atoms with van der Waals surface area (Å²) < 4.78 is 10.9. The van der Waals surface area contributed by atoms with E-state index in [1.807, 2.05) is 32.9 Å². The molecule has 2 saturated heterocycles. The molecule has 0 unspecified atom stereocenters. The van der Waals surface area contributed by atoms with Crippen molar-refractivity contribution in [1.29, 1.82) is 0 Å². The maximum Gasteiger partial charge on any atom is 0.234 e. The molecule has 1 amide bonds. The van der Waals surface area contributed by atoms with Gasteiger partial charge < -0.3 is 19.8 Å². The molecule has 0 saturated carbocycles. The zero-order valence-corrected chi connectivity index (χ0v) is 18.7. The maximum absolute atomic E-state index is 12.4. The number of imidazole rings is 1. The number of amides is 1. The van der Waals surface area contributed by atoms with Crippen LogP contribution in [0.5, 0.6) is 11.5 Å². The Morgan fingerprint density at radius 3 is 2.50 bits per heavy atom. The molecule has 2 aliphatic rings. The lowest BCUT2D eigenvalue weighted by Gasteiger charge is -2.38. The van der Waals surface area contributed by atoms with Crippen LogP contribution in [0, 0.1) is 5.92 Å². The second kappa shape index (κ2) is 8.10. The highest BCUT2D eigenvalue weighted by molar-refractivity contribution is 5.85. The third-order valence-electron chi connectivity index (χ3n) is 6.35. The highest BCUT2D eigenvalue weighted by Gasteiger charge is 2.41. The lowest BCUT2D eigenvalue weighted by molar-refractivity contribution is -0.125. The molecule has 1 aromatic heterocycles. The van der Waals surface area contributed by atoms with Crippen LogP contribution in [-0.4, -0.2) is 59.2 Å². The Balaban J connectivity index is 1.42. The molecule has 3 atom stereocenters. The van der Waals surface area contributed by atoms with Crippen LogP contribution in [0.15, 0.2) is 12.1 Å². The summed E-state index contributed by atoms with van der Waals surface area (Å²) in [6.45, 7) is 6.61. The second-order valence-corrected chi connectivity index (χ2v) is 9.78. The van der Waals surface area contributed by atoms with Crippen LogP contribution in [0.25, 0.3) is 11.0 Å². The molecule has 2 bridgehead atoms. The predicted octanol–water partition coefficient (Wildman–Crippen LogP) is 3.28. The number of aromatic amines is 1. The van der Waals surface area contributed by atoms with Crippen molar-refractivity contribution in [3.63, 3.8) is 0 Å². The summed E-state index contributed by atoms with van der Waals surface area (Å²) in [4.78, 5) is 23.2. The van der Waals surface area contributed by atoms with Crippen LogP contribution >= 0.6 is 0 Å². The fourth-order valence-electron chi connectivity index (χ4n) is 5.25. The highest BCUT2D eigenvalue weighted by atomic mass is 16.5. The molecule has 7 heteroatoms. The van der Waals surface area contributed by atoms with Gasteiger partial charge in [-0.05, 0) is 64.5 Å². The minimum atomic E-state index is -0.181. The molecular formula is C23H34N4O3. The standard InChI is InChI=1S/C23H34N4O3/c1-23(2,3)26-20(28)13-27-15-6-7-16(27)11-14(10-15)12-19-24-17-8-9-18(29-4)22(30-5)21(17)25-19/h8-9,14-16H,6-7,10-13H2,1-5H3,(H,24,25)(H,26,28)/t14-,15-,16+. The van der Waals surface area contributed by atoms with Gasteiger partial charge in [-0.2, -0.15) is 0 Å². The number of hydrogen-bond donors (Lipinski definition) is 2. The molecule has 0 aliphatic carbocycles. The largest absolute Gasteiger partial charge is 0.493 e. The van der Waals surface area contributed by atoms with Gasteiger partial charge in [0, 0.05) is 24.0 Å². The lowest BCUT2D eigenvalue weighted by atomic mass is 9.88. The van der Waals surface area contributed by atoms with Crippen LogP contribution in [-0.2, 0) is 11.2 Å². The number of piperidine rings is 1. The third-order valence-corrected chi connectivity index (χ3v) is 6.35. The third kappa shape index (κ3) is 4.26. The second-order valence-electron chi connectivity index (χ2n) is 9.78. The molecule has 3 heterocycles. The molecule has 2 aromatic rings. The molecule has 2 N–H and O–H groups in total. The first-order valence-electron chi connectivity index (χ1n) is 10.9. The maximum atomic E-state index is 12.4. The molecule has 0 spiro atoms. The first-order chi connectivity index (χ1) is 14.3. The summed E-state index contributed by atoms with van der Waals surface area (Å²) in [5.74, 6) is 3.09. The fourth-order valence-corrected chi connectivity index (χ4v) is 5.25. The van der Waals surface area contributed by atoms with E-state index in [1.54, 1.807) is 14.2 Å². The number of fused-ring (bicyclic) bond motifs is 3. The predicted molar refractivity (Wildman–Crippen MR) is 117 cm³/mol. The van der Waals surface area contributed by atoms with Gasteiger partial charge in [0.05, 0.1) is 26.3 Å². The number of nitrogens with zero attached hydrogens (tertiary/aromatic N) is 2. The molecule has 4 rings (SSSR count). The van der Waals surface area contributed by atoms with Gasteiger partial charge >= 0.3 is 0 Å². The van der Waals surface area contributed by atoms with Gasteiger partial charge in [0.25, 0.3) is 0 Å². The van der Waals surface area contributed by atoms with E-state index < -0.39 is 0 Å². The van der Waals surface area contributed by atoms with Crippen molar-refractivity contribution in [1.82, 2.24) is 20.2 Å². The number of ether oxygens (including phenoxy) is 2. The van der Waals surface area contributed by atoms with Crippen LogP contribution in [0.2, 0.25) is 0 Å². The number of methoxy groups -OCH3 is 2. The smallest absolute Gasteiger partial charge is 0.234 e. The van der Waals surface area contributed by atoms with Crippen molar-refractivity contribution in [2.24, 2.45) is 5.92 Å². The summed E-state index contributed by atoms with van der Waals surface area (Å²) in [5, 5.41) is 3.10. The van der Waals surface area contributed by atoms with Crippen molar-refractivity contribution in [3.05, 3.63) is 18.0 Å². The topological polar surface area (TPSA) is 79.5 Å². The summed E-state index contributed by atoms with van der Waals surface area (Å²) in [7, 11) is 3.29. The van der Waals surface area contributed by atoms with Gasteiger partial charge in [0.2, 0.25) is 5.91 Å². The number of aromatic nitrogens is 2. The summed E-state index contributed by atoms with van der Waals surface area (Å²) in [6.07, 6.45) is 5.55. The zero-order chi connectivity index (χ0) is 21.5. The van der Waals surface area contributed by atoms with E-state index in [1.165, 1.54) is 12.8 Å². The van der Waals surface area contributed by atoms with Gasteiger partial charge in [0.1, 0.15) is 11.3 Å². The number of carbonyl (C=O) groups excluding carboxylic acids is 1. The SMILES string of the molecule is COc1ccc2[nH]c(C[C@@H]3C[C@H]4CC[C@@H](C3)N4CC(=O)NC(C)(C)C)nc2c1OC. The van der Waals surface area contributed by atoms with Gasteiger partial charge in [-0.25, -0.2) is 4.98 Å². The van der Waals surface area contributed by atoms with Gasteiger partial charge in [-0.1, -0.05) is 0 Å². The Morgan fingerprint density at radius 1 is 1.20 bits per heavy atom. The van der Waals surface area contributed by atoms with Crippen molar-refractivity contribution in [2.45, 2.75) is 70.5 Å². The van der Waals surface area contributed by atoms with Crippen LogP contribution in [0.1, 0.15) is 52.3 Å². The zero-order valence-electron chi connectivity index (χ0n) is 18.7. The average Bonchev–Trinajstić information content (AvgIpc) is 3.16. The minimum absolute atomic E-state index is 0.135. The van der Waals surface area contributed by atoms with Crippen molar-refractivity contribution in [3.8, 4) is 11.5 Å². The molecule has 2 fully saturated rings. The highest BCUT2D eigenvalue weighted by Crippen LogP contribution is 2.40. The Bertz CT molecular complexity index is 903. The first kappa shape index (κ1) is 21.0. The van der Waals surface area contributed by atoms with Crippen LogP contribution in [0.4, 0.5) is 0 Å². The van der Waals surface area contributed by atoms with Crippen molar-refractivity contribution >= 4 is 16.9 Å². The molecule has 7 nitrogen and oxygen atoms in total. The van der Waals surface area contributed by atoms with E-state index in [2.05, 4.69) is 15.2 Å². The number of carbonyl (C=O) groups is 1. The Hall–Kier alpha value is -2.28. The molecule has 1 aromatic carbocycles. The quantitative estimate of drug-likeness (QED) is 0.758.